The minimum Gasteiger partial charge on any atom is -0.397 e. The molecule has 0 spiro atoms. The van der Waals surface area contributed by atoms with Gasteiger partial charge in [-0.25, -0.2) is 0 Å². The normalized spacial score (nSPS) is 19.6. The van der Waals surface area contributed by atoms with Crippen LogP contribution in [0.25, 0.3) is 10.2 Å². The molecule has 0 bridgehead atoms. The lowest BCUT2D eigenvalue weighted by Gasteiger charge is -2.14. The molecule has 1 aliphatic heterocycles. The summed E-state index contributed by atoms with van der Waals surface area (Å²) in [6.07, 6.45) is 1.75. The number of carbonyl (C=O) groups excluding carboxylic acids is 1. The standard InChI is InChI=1S/C11H12N4O2S/c12-8-7-1-3-13-14-10(7)18-9(8)11(17)15-4-2-6(16)5-15/h1,3,6,16H,2,4-5,12H2. The first-order valence-electron chi connectivity index (χ1n) is 5.64. The van der Waals surface area contributed by atoms with E-state index in [-0.39, 0.29) is 5.91 Å². The highest BCUT2D eigenvalue weighted by Crippen LogP contribution is 2.33. The quantitative estimate of drug-likeness (QED) is 0.781. The maximum absolute atomic E-state index is 12.3. The topological polar surface area (TPSA) is 92.3 Å². The second-order valence-corrected chi connectivity index (χ2v) is 5.29. The van der Waals surface area contributed by atoms with Gasteiger partial charge < -0.3 is 15.7 Å². The maximum Gasteiger partial charge on any atom is 0.266 e. The number of hydrogen-bond acceptors (Lipinski definition) is 6. The van der Waals surface area contributed by atoms with Crippen LogP contribution >= 0.6 is 11.3 Å². The van der Waals surface area contributed by atoms with E-state index in [0.29, 0.717) is 34.9 Å². The van der Waals surface area contributed by atoms with Gasteiger partial charge in [-0.2, -0.15) is 5.10 Å². The van der Waals surface area contributed by atoms with Crippen molar-refractivity contribution >= 4 is 33.1 Å². The first-order valence-corrected chi connectivity index (χ1v) is 6.45. The number of aliphatic hydroxyl groups is 1. The Hall–Kier alpha value is -1.73. The Balaban J connectivity index is 1.99. The number of aliphatic hydroxyl groups excluding tert-OH is 1. The summed E-state index contributed by atoms with van der Waals surface area (Å²) >= 11 is 1.25. The fourth-order valence-corrected chi connectivity index (χ4v) is 3.11. The molecule has 1 atom stereocenters. The van der Waals surface area contributed by atoms with E-state index in [9.17, 15) is 9.90 Å². The Morgan fingerprint density at radius 2 is 2.44 bits per heavy atom. The zero-order chi connectivity index (χ0) is 12.7. The molecule has 0 aromatic carbocycles. The van der Waals surface area contributed by atoms with Gasteiger partial charge in [0.2, 0.25) is 0 Å². The number of anilines is 1. The number of likely N-dealkylation sites (tertiary alicyclic amines) is 1. The van der Waals surface area contributed by atoms with Crippen LogP contribution in [0.4, 0.5) is 5.69 Å². The molecule has 0 saturated carbocycles. The van der Waals surface area contributed by atoms with E-state index in [2.05, 4.69) is 10.2 Å². The second kappa shape index (κ2) is 4.18. The van der Waals surface area contributed by atoms with Crippen molar-refractivity contribution in [1.82, 2.24) is 15.1 Å². The lowest BCUT2D eigenvalue weighted by atomic mass is 10.2. The van der Waals surface area contributed by atoms with Crippen molar-refractivity contribution in [3.8, 4) is 0 Å². The van der Waals surface area contributed by atoms with Gasteiger partial charge in [0, 0.05) is 18.5 Å². The molecule has 3 N–H and O–H groups in total. The summed E-state index contributed by atoms with van der Waals surface area (Å²) in [7, 11) is 0. The van der Waals surface area contributed by atoms with Gasteiger partial charge in [0.1, 0.15) is 9.71 Å². The molecule has 0 aliphatic carbocycles. The number of rotatable bonds is 1. The largest absolute Gasteiger partial charge is 0.397 e. The highest BCUT2D eigenvalue weighted by Gasteiger charge is 2.28. The summed E-state index contributed by atoms with van der Waals surface area (Å²) in [4.78, 5) is 15.1. The number of aromatic nitrogens is 2. The van der Waals surface area contributed by atoms with Crippen LogP contribution in [0.1, 0.15) is 16.1 Å². The van der Waals surface area contributed by atoms with Crippen molar-refractivity contribution in [1.29, 1.82) is 0 Å². The van der Waals surface area contributed by atoms with E-state index in [1.54, 1.807) is 17.2 Å². The Kier molecular flexibility index (Phi) is 2.64. The molecule has 2 aromatic heterocycles. The molecular weight excluding hydrogens is 252 g/mol. The maximum atomic E-state index is 12.3. The first kappa shape index (κ1) is 11.4. The van der Waals surface area contributed by atoms with Gasteiger partial charge in [-0.3, -0.25) is 4.79 Å². The molecule has 2 aromatic rings. The number of nitrogens with zero attached hydrogens (tertiary/aromatic N) is 3. The van der Waals surface area contributed by atoms with Gasteiger partial charge in [-0.1, -0.05) is 0 Å². The van der Waals surface area contributed by atoms with Crippen LogP contribution in [0.3, 0.4) is 0 Å². The van der Waals surface area contributed by atoms with Crippen LogP contribution < -0.4 is 5.73 Å². The molecule has 1 unspecified atom stereocenters. The highest BCUT2D eigenvalue weighted by atomic mass is 32.1. The number of fused-ring (bicyclic) bond motifs is 1. The lowest BCUT2D eigenvalue weighted by Crippen LogP contribution is -2.29. The van der Waals surface area contributed by atoms with Crippen LogP contribution in [-0.2, 0) is 0 Å². The molecule has 3 heterocycles. The minimum absolute atomic E-state index is 0.132. The van der Waals surface area contributed by atoms with Crippen LogP contribution in [0.2, 0.25) is 0 Å². The van der Waals surface area contributed by atoms with Gasteiger partial charge in [0.15, 0.2) is 0 Å². The van der Waals surface area contributed by atoms with E-state index in [1.807, 2.05) is 0 Å². The lowest BCUT2D eigenvalue weighted by molar-refractivity contribution is 0.0770. The number of nitrogens with two attached hydrogens (primary N) is 1. The average molecular weight is 264 g/mol. The van der Waals surface area contributed by atoms with Crippen LogP contribution in [0.5, 0.6) is 0 Å². The van der Waals surface area contributed by atoms with E-state index in [1.165, 1.54) is 11.3 Å². The predicted octanol–water partition coefficient (Wildman–Crippen LogP) is 0.480. The third kappa shape index (κ3) is 1.72. The smallest absolute Gasteiger partial charge is 0.266 e. The van der Waals surface area contributed by atoms with Gasteiger partial charge >= 0.3 is 0 Å². The molecule has 6 nitrogen and oxygen atoms in total. The monoisotopic (exact) mass is 264 g/mol. The summed E-state index contributed by atoms with van der Waals surface area (Å²) in [5, 5.41) is 18.0. The van der Waals surface area contributed by atoms with Crippen molar-refractivity contribution < 1.29 is 9.90 Å². The van der Waals surface area contributed by atoms with E-state index < -0.39 is 6.10 Å². The molecule has 18 heavy (non-hydrogen) atoms. The molecule has 1 amide bonds. The fourth-order valence-electron chi connectivity index (χ4n) is 2.10. The molecule has 1 fully saturated rings. The highest BCUT2D eigenvalue weighted by molar-refractivity contribution is 7.21. The number of carbonyl (C=O) groups is 1. The third-order valence-corrected chi connectivity index (χ3v) is 4.16. The Labute approximate surface area is 107 Å². The van der Waals surface area contributed by atoms with Crippen molar-refractivity contribution in [2.45, 2.75) is 12.5 Å². The van der Waals surface area contributed by atoms with Gasteiger partial charge in [-0.05, 0) is 12.5 Å². The molecule has 3 rings (SSSR count). The molecule has 1 saturated heterocycles. The zero-order valence-corrected chi connectivity index (χ0v) is 10.4. The van der Waals surface area contributed by atoms with Gasteiger partial charge in [0.25, 0.3) is 5.91 Å². The second-order valence-electron chi connectivity index (χ2n) is 4.29. The summed E-state index contributed by atoms with van der Waals surface area (Å²) in [6.45, 7) is 0.942. The van der Waals surface area contributed by atoms with Crippen LogP contribution in [-0.4, -0.2) is 45.3 Å². The van der Waals surface area contributed by atoms with E-state index >= 15 is 0 Å². The van der Waals surface area contributed by atoms with Gasteiger partial charge in [0.05, 0.1) is 18.0 Å². The summed E-state index contributed by atoms with van der Waals surface area (Å²) in [5.74, 6) is -0.132. The average Bonchev–Trinajstić information content (AvgIpc) is 2.94. The number of amides is 1. The molecular formula is C11H12N4O2S. The Morgan fingerprint density at radius 3 is 3.11 bits per heavy atom. The van der Waals surface area contributed by atoms with Crippen molar-refractivity contribution in [2.24, 2.45) is 0 Å². The predicted molar refractivity (Wildman–Crippen MR) is 68.4 cm³/mol. The minimum atomic E-state index is -0.427. The SMILES string of the molecule is Nc1c(C(=O)N2CCC(O)C2)sc2nnccc12. The number of hydrogen-bond donors (Lipinski definition) is 2. The van der Waals surface area contributed by atoms with E-state index in [4.69, 9.17) is 5.73 Å². The summed E-state index contributed by atoms with van der Waals surface area (Å²) in [6, 6.07) is 1.75. The van der Waals surface area contributed by atoms with Crippen LogP contribution in [0, 0.1) is 0 Å². The van der Waals surface area contributed by atoms with Crippen LogP contribution in [0.15, 0.2) is 12.3 Å². The first-order chi connectivity index (χ1) is 8.66. The number of nitrogen functional groups attached to an aromatic ring is 1. The zero-order valence-electron chi connectivity index (χ0n) is 9.54. The Bertz CT molecular complexity index is 612. The molecule has 7 heteroatoms. The van der Waals surface area contributed by atoms with Crippen molar-refractivity contribution in [3.63, 3.8) is 0 Å². The third-order valence-electron chi connectivity index (χ3n) is 3.07. The summed E-state index contributed by atoms with van der Waals surface area (Å²) < 4.78 is 0. The van der Waals surface area contributed by atoms with Crippen molar-refractivity contribution in [3.05, 3.63) is 17.1 Å². The Morgan fingerprint density at radius 1 is 1.61 bits per heavy atom. The molecule has 94 valence electrons. The molecule has 1 aliphatic rings. The summed E-state index contributed by atoms with van der Waals surface area (Å²) in [5.41, 5.74) is 6.43. The van der Waals surface area contributed by atoms with Crippen molar-refractivity contribution in [2.75, 3.05) is 18.8 Å². The molecule has 0 radical (unpaired) electrons. The van der Waals surface area contributed by atoms with E-state index in [0.717, 1.165) is 5.39 Å². The van der Waals surface area contributed by atoms with Gasteiger partial charge in [-0.15, -0.1) is 16.4 Å². The number of thiophene rings is 1. The number of β-amino-alcohol motifs (C(OH)–C–C–N with tert-alkyl or cyclic N) is 1. The fraction of sp³-hybridized carbons (Fsp3) is 0.364.